The molecule has 1 aliphatic heterocycles. The molecule has 0 atom stereocenters. The molecular weight excluding hydrogens is 480 g/mol. The van der Waals surface area contributed by atoms with Gasteiger partial charge < -0.3 is 29.7 Å². The molecule has 1 saturated heterocycles. The molecule has 9 nitrogen and oxygen atoms in total. The Labute approximate surface area is 223 Å². The predicted octanol–water partition coefficient (Wildman–Crippen LogP) is 4.83. The lowest BCUT2D eigenvalue weighted by molar-refractivity contribution is 0.216. The van der Waals surface area contributed by atoms with E-state index >= 15 is 0 Å². The summed E-state index contributed by atoms with van der Waals surface area (Å²) in [6.45, 7) is 3.98. The van der Waals surface area contributed by atoms with Crippen LogP contribution in [-0.2, 0) is 6.54 Å². The molecule has 0 amide bonds. The Morgan fingerprint density at radius 2 is 1.68 bits per heavy atom. The van der Waals surface area contributed by atoms with Gasteiger partial charge in [-0.3, -0.25) is 5.10 Å². The molecule has 200 valence electrons. The van der Waals surface area contributed by atoms with E-state index in [2.05, 4.69) is 51.0 Å². The maximum absolute atomic E-state index is 5.55. The summed E-state index contributed by atoms with van der Waals surface area (Å²) >= 11 is 0. The van der Waals surface area contributed by atoms with Gasteiger partial charge in [0.1, 0.15) is 11.2 Å². The maximum atomic E-state index is 5.55. The Morgan fingerprint density at radius 3 is 2.34 bits per heavy atom. The lowest BCUT2D eigenvalue weighted by atomic mass is 9.97. The molecule has 4 aromatic rings. The molecule has 38 heavy (non-hydrogen) atoms. The monoisotopic (exact) mass is 516 g/mol. The fourth-order valence-corrected chi connectivity index (χ4v) is 5.03. The molecule has 0 aliphatic carbocycles. The number of anilines is 2. The molecule has 0 unspecified atom stereocenters. The highest BCUT2D eigenvalue weighted by Gasteiger charge is 2.19. The van der Waals surface area contributed by atoms with Crippen LogP contribution < -0.4 is 24.8 Å². The van der Waals surface area contributed by atoms with Gasteiger partial charge in [-0.1, -0.05) is 30.3 Å². The van der Waals surface area contributed by atoms with Crippen LogP contribution in [0.3, 0.4) is 0 Å². The number of pyridine rings is 1. The molecule has 0 radical (unpaired) electrons. The van der Waals surface area contributed by atoms with Crippen LogP contribution in [0.4, 0.5) is 11.5 Å². The van der Waals surface area contributed by atoms with Crippen LogP contribution in [0, 0.1) is 5.92 Å². The van der Waals surface area contributed by atoms with Crippen LogP contribution in [0.2, 0.25) is 0 Å². The van der Waals surface area contributed by atoms with Crippen molar-refractivity contribution in [3.05, 3.63) is 54.2 Å². The highest BCUT2D eigenvalue weighted by Crippen LogP contribution is 2.41. The number of benzene rings is 2. The van der Waals surface area contributed by atoms with Crippen molar-refractivity contribution in [3.63, 3.8) is 0 Å². The number of aromatic nitrogens is 3. The van der Waals surface area contributed by atoms with Gasteiger partial charge >= 0.3 is 0 Å². The average Bonchev–Trinajstić information content (AvgIpc) is 3.38. The SMILES string of the molecule is COc1cc(Nc2nc(CNCC3CCN(C)CC3)cc3c(-c4ccccc4)n[nH]c23)cc(OC)c1OC. The third-order valence-corrected chi connectivity index (χ3v) is 7.16. The van der Waals surface area contributed by atoms with Crippen LogP contribution in [0.15, 0.2) is 48.5 Å². The molecule has 0 saturated carbocycles. The van der Waals surface area contributed by atoms with E-state index in [-0.39, 0.29) is 0 Å². The number of nitrogens with zero attached hydrogens (tertiary/aromatic N) is 3. The van der Waals surface area contributed by atoms with E-state index < -0.39 is 0 Å². The number of methoxy groups -OCH3 is 3. The van der Waals surface area contributed by atoms with Crippen LogP contribution in [-0.4, -0.2) is 68.1 Å². The van der Waals surface area contributed by atoms with Crippen LogP contribution in [0.1, 0.15) is 18.5 Å². The van der Waals surface area contributed by atoms with E-state index in [0.717, 1.165) is 53.2 Å². The molecule has 3 heterocycles. The molecular formula is C29H36N6O3. The summed E-state index contributed by atoms with van der Waals surface area (Å²) in [6.07, 6.45) is 2.45. The Kier molecular flexibility index (Phi) is 7.95. The number of nitrogens with one attached hydrogen (secondary N) is 3. The number of fused-ring (bicyclic) bond motifs is 1. The second-order valence-corrected chi connectivity index (χ2v) is 9.74. The normalized spacial score (nSPS) is 14.5. The van der Waals surface area contributed by atoms with Gasteiger partial charge in [0.2, 0.25) is 5.75 Å². The van der Waals surface area contributed by atoms with Gasteiger partial charge in [-0.2, -0.15) is 5.10 Å². The molecule has 0 bridgehead atoms. The number of likely N-dealkylation sites (tertiary alicyclic amines) is 1. The van der Waals surface area contributed by atoms with Crippen molar-refractivity contribution in [2.75, 3.05) is 53.3 Å². The fourth-order valence-electron chi connectivity index (χ4n) is 5.03. The first-order valence-corrected chi connectivity index (χ1v) is 13.0. The largest absolute Gasteiger partial charge is 0.493 e. The Bertz CT molecular complexity index is 1340. The van der Waals surface area contributed by atoms with E-state index in [1.807, 2.05) is 30.3 Å². The van der Waals surface area contributed by atoms with Crippen LogP contribution in [0.5, 0.6) is 17.2 Å². The first-order valence-electron chi connectivity index (χ1n) is 13.0. The smallest absolute Gasteiger partial charge is 0.203 e. The first-order chi connectivity index (χ1) is 18.6. The van der Waals surface area contributed by atoms with Gasteiger partial charge in [-0.05, 0) is 51.5 Å². The zero-order valence-corrected chi connectivity index (χ0v) is 22.5. The van der Waals surface area contributed by atoms with Gasteiger partial charge in [0.25, 0.3) is 0 Å². The lowest BCUT2D eigenvalue weighted by Gasteiger charge is -2.29. The quantitative estimate of drug-likeness (QED) is 0.276. The van der Waals surface area contributed by atoms with E-state index in [9.17, 15) is 0 Å². The van der Waals surface area contributed by atoms with Crippen molar-refractivity contribution in [1.29, 1.82) is 0 Å². The molecule has 1 fully saturated rings. The number of aromatic amines is 1. The molecule has 2 aromatic heterocycles. The molecule has 9 heteroatoms. The van der Waals surface area contributed by atoms with E-state index in [1.165, 1.54) is 12.8 Å². The van der Waals surface area contributed by atoms with Crippen molar-refractivity contribution in [2.45, 2.75) is 19.4 Å². The number of hydrogen-bond acceptors (Lipinski definition) is 8. The minimum atomic E-state index is 0.540. The van der Waals surface area contributed by atoms with E-state index in [4.69, 9.17) is 19.2 Å². The number of hydrogen-bond donors (Lipinski definition) is 3. The summed E-state index contributed by atoms with van der Waals surface area (Å²) in [5, 5.41) is 16.0. The van der Waals surface area contributed by atoms with Gasteiger partial charge in [0.15, 0.2) is 17.3 Å². The van der Waals surface area contributed by atoms with Crippen molar-refractivity contribution < 1.29 is 14.2 Å². The molecule has 2 aromatic carbocycles. The molecule has 1 aliphatic rings. The number of ether oxygens (including phenoxy) is 3. The van der Waals surface area contributed by atoms with E-state index in [0.29, 0.717) is 35.5 Å². The highest BCUT2D eigenvalue weighted by molar-refractivity contribution is 5.99. The number of piperidine rings is 1. The topological polar surface area (TPSA) is 96.6 Å². The van der Waals surface area contributed by atoms with Gasteiger partial charge in [0.05, 0.1) is 27.0 Å². The predicted molar refractivity (Wildman–Crippen MR) is 151 cm³/mol. The summed E-state index contributed by atoms with van der Waals surface area (Å²) < 4.78 is 16.6. The molecule has 0 spiro atoms. The van der Waals surface area contributed by atoms with Crippen molar-refractivity contribution >= 4 is 22.4 Å². The lowest BCUT2D eigenvalue weighted by Crippen LogP contribution is -2.34. The molecule has 3 N–H and O–H groups in total. The Morgan fingerprint density at radius 1 is 0.974 bits per heavy atom. The second kappa shape index (κ2) is 11.7. The van der Waals surface area contributed by atoms with Gasteiger partial charge in [-0.15, -0.1) is 0 Å². The van der Waals surface area contributed by atoms with Gasteiger partial charge in [0, 0.05) is 35.3 Å². The minimum absolute atomic E-state index is 0.540. The zero-order valence-electron chi connectivity index (χ0n) is 22.5. The summed E-state index contributed by atoms with van der Waals surface area (Å²) in [4.78, 5) is 7.39. The van der Waals surface area contributed by atoms with Crippen molar-refractivity contribution in [2.24, 2.45) is 5.92 Å². The zero-order chi connectivity index (χ0) is 26.5. The Hall–Kier alpha value is -3.82. The van der Waals surface area contributed by atoms with Crippen molar-refractivity contribution in [3.8, 4) is 28.5 Å². The summed E-state index contributed by atoms with van der Waals surface area (Å²) in [5.74, 6) is 3.05. The maximum Gasteiger partial charge on any atom is 0.203 e. The summed E-state index contributed by atoms with van der Waals surface area (Å²) in [5.41, 5.74) is 4.48. The fraction of sp³-hybridized carbons (Fsp3) is 0.379. The second-order valence-electron chi connectivity index (χ2n) is 9.74. The van der Waals surface area contributed by atoms with Crippen molar-refractivity contribution in [1.82, 2.24) is 25.4 Å². The van der Waals surface area contributed by atoms with Crippen LogP contribution >= 0.6 is 0 Å². The third-order valence-electron chi connectivity index (χ3n) is 7.16. The van der Waals surface area contributed by atoms with E-state index in [1.54, 1.807) is 21.3 Å². The first kappa shape index (κ1) is 25.8. The van der Waals surface area contributed by atoms with Gasteiger partial charge in [-0.25, -0.2) is 4.98 Å². The highest BCUT2D eigenvalue weighted by atomic mass is 16.5. The summed E-state index contributed by atoms with van der Waals surface area (Å²) in [7, 11) is 7.00. The number of H-pyrrole nitrogens is 1. The third kappa shape index (κ3) is 5.54. The molecule has 5 rings (SSSR count). The minimum Gasteiger partial charge on any atom is -0.493 e. The number of rotatable bonds is 10. The Balaban J connectivity index is 1.48. The average molecular weight is 517 g/mol. The standard InChI is InChI=1S/C29H36N6O3/c1-35-12-10-19(11-13-35)17-30-18-22-14-23-26(20-8-6-5-7-9-20)33-34-27(23)29(32-22)31-21-15-24(36-2)28(38-4)25(16-21)37-3/h5-9,14-16,19,30H,10-13,17-18H2,1-4H3,(H,31,32)(H,33,34). The van der Waals surface area contributed by atoms with Crippen LogP contribution in [0.25, 0.3) is 22.2 Å². The summed E-state index contributed by atoms with van der Waals surface area (Å²) in [6, 6.07) is 16.1.